The van der Waals surface area contributed by atoms with Crippen LogP contribution in [-0.2, 0) is 9.59 Å². The van der Waals surface area contributed by atoms with Gasteiger partial charge in [0.1, 0.15) is 0 Å². The topological polar surface area (TPSA) is 128 Å². The van der Waals surface area contributed by atoms with E-state index in [1.807, 2.05) is 0 Å². The summed E-state index contributed by atoms with van der Waals surface area (Å²) in [6, 6.07) is 4.13. The van der Waals surface area contributed by atoms with Gasteiger partial charge >= 0.3 is 12.0 Å². The summed E-state index contributed by atoms with van der Waals surface area (Å²) < 4.78 is 0. The molecule has 0 saturated heterocycles. The number of urea groups is 1. The molecular weight excluding hydrogens is 266 g/mol. The molecule has 1 aromatic carbocycles. The average Bonchev–Trinajstić information content (AvgIpc) is 2.37. The fourth-order valence-corrected chi connectivity index (χ4v) is 1.35. The van der Waals surface area contributed by atoms with Crippen molar-refractivity contribution < 1.29 is 24.6 Å². The number of rotatable bonds is 5. The van der Waals surface area contributed by atoms with Gasteiger partial charge in [-0.15, -0.1) is 0 Å². The second kappa shape index (κ2) is 7.10. The van der Waals surface area contributed by atoms with E-state index < -0.39 is 24.6 Å². The average molecular weight is 281 g/mol. The van der Waals surface area contributed by atoms with Crippen LogP contribution in [0.15, 0.2) is 24.3 Å². The van der Waals surface area contributed by atoms with Gasteiger partial charge in [0.05, 0.1) is 6.61 Å². The number of hydrogen-bond acceptors (Lipinski definition) is 4. The van der Waals surface area contributed by atoms with E-state index in [2.05, 4.69) is 16.0 Å². The highest BCUT2D eigenvalue weighted by atomic mass is 16.4. The maximum absolute atomic E-state index is 11.5. The van der Waals surface area contributed by atoms with Gasteiger partial charge in [0.2, 0.25) is 5.91 Å². The Bertz CT molecular complexity index is 500. The van der Waals surface area contributed by atoms with E-state index in [0.717, 1.165) is 0 Å². The first-order chi connectivity index (χ1) is 9.42. The van der Waals surface area contributed by atoms with Gasteiger partial charge in [-0.1, -0.05) is 0 Å². The Kier molecular flexibility index (Phi) is 5.48. The lowest BCUT2D eigenvalue weighted by atomic mass is 10.2. The first-order valence-electron chi connectivity index (χ1n) is 5.71. The molecule has 0 bridgehead atoms. The van der Waals surface area contributed by atoms with Gasteiger partial charge in [-0.25, -0.2) is 9.59 Å². The van der Waals surface area contributed by atoms with Crippen LogP contribution in [0.5, 0.6) is 0 Å². The Morgan fingerprint density at radius 1 is 1.10 bits per heavy atom. The summed E-state index contributed by atoms with van der Waals surface area (Å²) in [7, 11) is 0. The molecule has 0 aliphatic rings. The monoisotopic (exact) mass is 281 g/mol. The van der Waals surface area contributed by atoms with Crippen LogP contribution < -0.4 is 16.0 Å². The molecule has 1 aromatic rings. The standard InChI is InChI=1S/C12H15N3O5/c1-7(17)13-8-2-4-9(5-3-8)14-12(20)15-10(6-16)11(18)19/h2-5,10,16H,6H2,1H3,(H,13,17)(H,18,19)(H2,14,15,20)/t10-/m0/s1. The Balaban J connectivity index is 2.58. The second-order valence-electron chi connectivity index (χ2n) is 3.93. The highest BCUT2D eigenvalue weighted by Gasteiger charge is 2.18. The fourth-order valence-electron chi connectivity index (χ4n) is 1.35. The van der Waals surface area contributed by atoms with Crippen molar-refractivity contribution in [3.63, 3.8) is 0 Å². The molecule has 8 nitrogen and oxygen atoms in total. The van der Waals surface area contributed by atoms with Crippen molar-refractivity contribution in [1.82, 2.24) is 5.32 Å². The predicted octanol–water partition coefficient (Wildman–Crippen LogP) is 0.212. The van der Waals surface area contributed by atoms with Crippen molar-refractivity contribution in [2.45, 2.75) is 13.0 Å². The smallest absolute Gasteiger partial charge is 0.328 e. The number of anilines is 2. The number of aliphatic hydroxyl groups is 1. The molecule has 1 atom stereocenters. The number of aliphatic carboxylic acids is 1. The first kappa shape index (κ1) is 15.4. The third-order valence-corrected chi connectivity index (χ3v) is 2.25. The molecule has 0 aliphatic carbocycles. The van der Waals surface area contributed by atoms with Crippen molar-refractivity contribution >= 4 is 29.3 Å². The molecule has 5 N–H and O–H groups in total. The summed E-state index contributed by atoms with van der Waals surface area (Å²) in [4.78, 5) is 32.9. The van der Waals surface area contributed by atoms with Crippen LogP contribution in [0.2, 0.25) is 0 Å². The molecule has 0 spiro atoms. The van der Waals surface area contributed by atoms with Gasteiger partial charge in [-0.05, 0) is 24.3 Å². The minimum absolute atomic E-state index is 0.212. The summed E-state index contributed by atoms with van der Waals surface area (Å²) in [5.74, 6) is -1.54. The molecule has 0 fully saturated rings. The normalized spacial score (nSPS) is 11.3. The molecule has 0 radical (unpaired) electrons. The number of hydrogen-bond donors (Lipinski definition) is 5. The zero-order chi connectivity index (χ0) is 15.1. The Morgan fingerprint density at radius 2 is 1.60 bits per heavy atom. The Labute approximate surface area is 114 Å². The third-order valence-electron chi connectivity index (χ3n) is 2.25. The maximum Gasteiger partial charge on any atom is 0.328 e. The Morgan fingerprint density at radius 3 is 2.00 bits per heavy atom. The summed E-state index contributed by atoms with van der Waals surface area (Å²) in [6.45, 7) is 0.671. The van der Waals surface area contributed by atoms with Gasteiger partial charge < -0.3 is 26.2 Å². The van der Waals surface area contributed by atoms with E-state index in [1.54, 1.807) is 24.3 Å². The molecule has 0 aliphatic heterocycles. The highest BCUT2D eigenvalue weighted by molar-refractivity contribution is 5.93. The van der Waals surface area contributed by atoms with Crippen LogP contribution in [0.3, 0.4) is 0 Å². The number of carbonyl (C=O) groups excluding carboxylic acids is 2. The molecular formula is C12H15N3O5. The van der Waals surface area contributed by atoms with Crippen molar-refractivity contribution in [2.24, 2.45) is 0 Å². The lowest BCUT2D eigenvalue weighted by Gasteiger charge is -2.12. The number of carboxylic acids is 1. The number of carboxylic acid groups (broad SMARTS) is 1. The third kappa shape index (κ3) is 4.94. The summed E-state index contributed by atoms with van der Waals surface area (Å²) in [5.41, 5.74) is 0.987. The molecule has 0 heterocycles. The fraction of sp³-hybridized carbons (Fsp3) is 0.250. The van der Waals surface area contributed by atoms with Gasteiger partial charge in [-0.2, -0.15) is 0 Å². The second-order valence-corrected chi connectivity index (χ2v) is 3.93. The van der Waals surface area contributed by atoms with Gasteiger partial charge in [0.15, 0.2) is 6.04 Å². The van der Waals surface area contributed by atoms with Crippen LogP contribution in [-0.4, -0.2) is 40.8 Å². The summed E-state index contributed by atoms with van der Waals surface area (Å²) >= 11 is 0. The molecule has 20 heavy (non-hydrogen) atoms. The highest BCUT2D eigenvalue weighted by Crippen LogP contribution is 2.13. The van der Waals surface area contributed by atoms with Crippen LogP contribution in [0.4, 0.5) is 16.2 Å². The molecule has 1 rings (SSSR count). The number of aliphatic hydroxyl groups excluding tert-OH is 1. The molecule has 8 heteroatoms. The Hall–Kier alpha value is -2.61. The van der Waals surface area contributed by atoms with E-state index >= 15 is 0 Å². The predicted molar refractivity (Wildman–Crippen MR) is 71.4 cm³/mol. The van der Waals surface area contributed by atoms with Crippen LogP contribution in [0.1, 0.15) is 6.92 Å². The number of nitrogens with one attached hydrogen (secondary N) is 3. The summed E-state index contributed by atoms with van der Waals surface area (Å²) in [5, 5.41) is 24.5. The first-order valence-corrected chi connectivity index (χ1v) is 5.71. The van der Waals surface area contributed by atoms with Crippen LogP contribution in [0.25, 0.3) is 0 Å². The lowest BCUT2D eigenvalue weighted by Crippen LogP contribution is -2.45. The van der Waals surface area contributed by atoms with E-state index in [-0.39, 0.29) is 5.91 Å². The number of amides is 3. The molecule has 0 unspecified atom stereocenters. The largest absolute Gasteiger partial charge is 0.480 e. The van der Waals surface area contributed by atoms with Gasteiger partial charge in [0, 0.05) is 18.3 Å². The number of carbonyl (C=O) groups is 3. The van der Waals surface area contributed by atoms with Crippen molar-refractivity contribution in [1.29, 1.82) is 0 Å². The zero-order valence-corrected chi connectivity index (χ0v) is 10.7. The van der Waals surface area contributed by atoms with Gasteiger partial charge in [0.25, 0.3) is 0 Å². The molecule has 108 valence electrons. The SMILES string of the molecule is CC(=O)Nc1ccc(NC(=O)N[C@@H](CO)C(=O)O)cc1. The summed E-state index contributed by atoms with van der Waals surface area (Å²) in [6.07, 6.45) is 0. The zero-order valence-electron chi connectivity index (χ0n) is 10.7. The van der Waals surface area contributed by atoms with Crippen molar-refractivity contribution in [2.75, 3.05) is 17.2 Å². The van der Waals surface area contributed by atoms with Crippen LogP contribution in [0, 0.1) is 0 Å². The van der Waals surface area contributed by atoms with Crippen molar-refractivity contribution in [3.05, 3.63) is 24.3 Å². The molecule has 0 aromatic heterocycles. The quantitative estimate of drug-likeness (QED) is 0.527. The van der Waals surface area contributed by atoms with Gasteiger partial charge in [-0.3, -0.25) is 4.79 Å². The maximum atomic E-state index is 11.5. The van der Waals surface area contributed by atoms with E-state index in [0.29, 0.717) is 11.4 Å². The molecule has 3 amide bonds. The lowest BCUT2D eigenvalue weighted by molar-refractivity contribution is -0.140. The van der Waals surface area contributed by atoms with Crippen LogP contribution >= 0.6 is 0 Å². The van der Waals surface area contributed by atoms with E-state index in [9.17, 15) is 14.4 Å². The van der Waals surface area contributed by atoms with Crippen molar-refractivity contribution in [3.8, 4) is 0 Å². The molecule has 0 saturated carbocycles. The number of benzene rings is 1. The van der Waals surface area contributed by atoms with E-state index in [4.69, 9.17) is 10.2 Å². The minimum Gasteiger partial charge on any atom is -0.480 e. The van der Waals surface area contributed by atoms with E-state index in [1.165, 1.54) is 6.92 Å². The minimum atomic E-state index is -1.37.